The van der Waals surface area contributed by atoms with Gasteiger partial charge in [-0.15, -0.1) is 0 Å². The number of nitrogens with one attached hydrogen (secondary N) is 2. The summed E-state index contributed by atoms with van der Waals surface area (Å²) in [5, 5.41) is 8.75. The van der Waals surface area contributed by atoms with Crippen molar-refractivity contribution in [1.29, 1.82) is 0 Å². The van der Waals surface area contributed by atoms with Gasteiger partial charge in [-0.1, -0.05) is 35.3 Å². The van der Waals surface area contributed by atoms with Crippen LogP contribution in [0.1, 0.15) is 22.7 Å². The molecule has 4 rings (SSSR count). The molecule has 0 aliphatic carbocycles. The van der Waals surface area contributed by atoms with Gasteiger partial charge < -0.3 is 20.1 Å². The molecule has 0 unspecified atom stereocenters. The maximum absolute atomic E-state index is 6.12. The number of ether oxygens (including phenoxy) is 2. The van der Waals surface area contributed by atoms with Crippen molar-refractivity contribution in [2.24, 2.45) is 0 Å². The van der Waals surface area contributed by atoms with Gasteiger partial charge in [0.25, 0.3) is 0 Å². The molecular weight excluding hydrogens is 419 g/mol. The SMILES string of the molecule is COc1cc2c(cc1OC)[C@H](c1ccc(Cl)cc1)N[C@H](CNc1ccc(Cl)cc1)C2. The number of halogens is 2. The number of benzene rings is 3. The molecule has 0 saturated heterocycles. The van der Waals surface area contributed by atoms with Gasteiger partial charge in [-0.05, 0) is 71.6 Å². The van der Waals surface area contributed by atoms with Crippen LogP contribution in [0.4, 0.5) is 5.69 Å². The molecule has 0 spiro atoms. The molecule has 6 heteroatoms. The van der Waals surface area contributed by atoms with Crippen LogP contribution in [0.25, 0.3) is 0 Å². The maximum atomic E-state index is 6.12. The van der Waals surface area contributed by atoms with Gasteiger partial charge in [-0.2, -0.15) is 0 Å². The lowest BCUT2D eigenvalue weighted by atomic mass is 9.86. The smallest absolute Gasteiger partial charge is 0.161 e. The van der Waals surface area contributed by atoms with Gasteiger partial charge in [0.1, 0.15) is 0 Å². The second-order valence-corrected chi connectivity index (χ2v) is 8.22. The minimum Gasteiger partial charge on any atom is -0.493 e. The zero-order chi connectivity index (χ0) is 21.1. The summed E-state index contributed by atoms with van der Waals surface area (Å²) in [4.78, 5) is 0. The molecule has 2 atom stereocenters. The van der Waals surface area contributed by atoms with E-state index in [1.54, 1.807) is 14.2 Å². The first kappa shape index (κ1) is 20.9. The molecule has 1 heterocycles. The van der Waals surface area contributed by atoms with E-state index in [-0.39, 0.29) is 12.1 Å². The molecular formula is C24H24Cl2N2O2. The Morgan fingerprint density at radius 3 is 2.13 bits per heavy atom. The van der Waals surface area contributed by atoms with Gasteiger partial charge in [0.15, 0.2) is 11.5 Å². The first-order valence-electron chi connectivity index (χ1n) is 9.83. The molecule has 1 aliphatic heterocycles. The van der Waals surface area contributed by atoms with E-state index in [1.165, 1.54) is 11.1 Å². The van der Waals surface area contributed by atoms with Crippen LogP contribution in [0, 0.1) is 0 Å². The van der Waals surface area contributed by atoms with Crippen LogP contribution in [0.2, 0.25) is 10.0 Å². The minimum atomic E-state index is 0.0304. The summed E-state index contributed by atoms with van der Waals surface area (Å²) in [6, 6.07) is 20.2. The zero-order valence-electron chi connectivity index (χ0n) is 16.9. The fraction of sp³-hybridized carbons (Fsp3) is 0.250. The molecule has 0 saturated carbocycles. The Labute approximate surface area is 187 Å². The summed E-state index contributed by atoms with van der Waals surface area (Å²) in [5.41, 5.74) is 4.64. The van der Waals surface area contributed by atoms with E-state index < -0.39 is 0 Å². The molecule has 0 aromatic heterocycles. The lowest BCUT2D eigenvalue weighted by Crippen LogP contribution is -2.44. The van der Waals surface area contributed by atoms with E-state index in [0.29, 0.717) is 0 Å². The Morgan fingerprint density at radius 2 is 1.50 bits per heavy atom. The van der Waals surface area contributed by atoms with Gasteiger partial charge in [0.2, 0.25) is 0 Å². The fourth-order valence-corrected chi connectivity index (χ4v) is 4.16. The summed E-state index contributed by atoms with van der Waals surface area (Å²) >= 11 is 12.1. The number of anilines is 1. The predicted octanol–water partition coefficient (Wildman–Crippen LogP) is 5.73. The zero-order valence-corrected chi connectivity index (χ0v) is 18.4. The van der Waals surface area contributed by atoms with Crippen LogP contribution >= 0.6 is 23.2 Å². The van der Waals surface area contributed by atoms with Crippen molar-refractivity contribution >= 4 is 28.9 Å². The van der Waals surface area contributed by atoms with Gasteiger partial charge in [0, 0.05) is 28.3 Å². The Bertz CT molecular complexity index is 1010. The highest BCUT2D eigenvalue weighted by Gasteiger charge is 2.29. The Kier molecular flexibility index (Phi) is 6.38. The third-order valence-corrected chi connectivity index (χ3v) is 5.93. The molecule has 30 heavy (non-hydrogen) atoms. The summed E-state index contributed by atoms with van der Waals surface area (Å²) in [6.07, 6.45) is 0.875. The van der Waals surface area contributed by atoms with Crippen LogP contribution in [0.5, 0.6) is 11.5 Å². The van der Waals surface area contributed by atoms with Crippen LogP contribution in [-0.4, -0.2) is 26.8 Å². The molecule has 3 aromatic carbocycles. The van der Waals surface area contributed by atoms with Crippen LogP contribution < -0.4 is 20.1 Å². The van der Waals surface area contributed by atoms with E-state index in [1.807, 2.05) is 36.4 Å². The van der Waals surface area contributed by atoms with Crippen molar-refractivity contribution in [3.05, 3.63) is 87.4 Å². The molecule has 4 nitrogen and oxygen atoms in total. The van der Waals surface area contributed by atoms with Crippen LogP contribution in [0.15, 0.2) is 60.7 Å². The second-order valence-electron chi connectivity index (χ2n) is 7.35. The quantitative estimate of drug-likeness (QED) is 0.511. The molecule has 0 amide bonds. The summed E-state index contributed by atoms with van der Waals surface area (Å²) in [7, 11) is 3.33. The highest BCUT2D eigenvalue weighted by Crippen LogP contribution is 2.38. The first-order chi connectivity index (χ1) is 14.6. The lowest BCUT2D eigenvalue weighted by molar-refractivity contribution is 0.351. The van der Waals surface area contributed by atoms with E-state index in [0.717, 1.165) is 45.8 Å². The maximum Gasteiger partial charge on any atom is 0.161 e. The van der Waals surface area contributed by atoms with Crippen molar-refractivity contribution in [2.45, 2.75) is 18.5 Å². The lowest BCUT2D eigenvalue weighted by Gasteiger charge is -2.34. The van der Waals surface area contributed by atoms with Crippen LogP contribution in [-0.2, 0) is 6.42 Å². The van der Waals surface area contributed by atoms with Gasteiger partial charge in [-0.25, -0.2) is 0 Å². The standard InChI is InChI=1S/C24H24Cl2N2O2/c1-29-22-12-16-11-20(14-27-19-9-7-18(26)8-10-19)28-24(21(16)13-23(22)30-2)15-3-5-17(25)6-4-15/h3-10,12-13,20,24,27-28H,11,14H2,1-2H3/t20-,24-/m0/s1. The summed E-state index contributed by atoms with van der Waals surface area (Å²) < 4.78 is 11.1. The Morgan fingerprint density at radius 1 is 0.900 bits per heavy atom. The molecule has 2 N–H and O–H groups in total. The van der Waals surface area contributed by atoms with Gasteiger partial charge in [-0.3, -0.25) is 0 Å². The Balaban J connectivity index is 1.64. The largest absolute Gasteiger partial charge is 0.493 e. The molecule has 156 valence electrons. The highest BCUT2D eigenvalue weighted by molar-refractivity contribution is 6.30. The number of fused-ring (bicyclic) bond motifs is 1. The highest BCUT2D eigenvalue weighted by atomic mass is 35.5. The van der Waals surface area contributed by atoms with E-state index in [9.17, 15) is 0 Å². The van der Waals surface area contributed by atoms with Crippen molar-refractivity contribution in [2.75, 3.05) is 26.1 Å². The third kappa shape index (κ3) is 4.51. The number of hydrogen-bond acceptors (Lipinski definition) is 4. The second kappa shape index (κ2) is 9.17. The van der Waals surface area contributed by atoms with Gasteiger partial charge >= 0.3 is 0 Å². The minimum absolute atomic E-state index is 0.0304. The fourth-order valence-electron chi connectivity index (χ4n) is 3.90. The van der Waals surface area contributed by atoms with E-state index >= 15 is 0 Å². The van der Waals surface area contributed by atoms with Crippen LogP contribution in [0.3, 0.4) is 0 Å². The predicted molar refractivity (Wildman–Crippen MR) is 123 cm³/mol. The van der Waals surface area contributed by atoms with Crippen molar-refractivity contribution in [3.8, 4) is 11.5 Å². The van der Waals surface area contributed by atoms with E-state index in [4.69, 9.17) is 32.7 Å². The van der Waals surface area contributed by atoms with Crippen molar-refractivity contribution < 1.29 is 9.47 Å². The molecule has 0 fully saturated rings. The normalized spacial score (nSPS) is 17.9. The first-order valence-corrected chi connectivity index (χ1v) is 10.6. The molecule has 3 aromatic rings. The number of hydrogen-bond donors (Lipinski definition) is 2. The summed E-state index contributed by atoms with van der Waals surface area (Å²) in [5.74, 6) is 1.48. The molecule has 1 aliphatic rings. The van der Waals surface area contributed by atoms with Crippen molar-refractivity contribution in [3.63, 3.8) is 0 Å². The molecule has 0 bridgehead atoms. The Hall–Kier alpha value is -2.40. The summed E-state index contributed by atoms with van der Waals surface area (Å²) in [6.45, 7) is 0.777. The third-order valence-electron chi connectivity index (χ3n) is 5.43. The molecule has 0 radical (unpaired) electrons. The monoisotopic (exact) mass is 442 g/mol. The topological polar surface area (TPSA) is 42.5 Å². The van der Waals surface area contributed by atoms with E-state index in [2.05, 4.69) is 34.9 Å². The van der Waals surface area contributed by atoms with Crippen molar-refractivity contribution in [1.82, 2.24) is 5.32 Å². The number of rotatable bonds is 6. The number of methoxy groups -OCH3 is 2. The average Bonchev–Trinajstić information content (AvgIpc) is 2.77. The average molecular weight is 443 g/mol. The van der Waals surface area contributed by atoms with Gasteiger partial charge in [0.05, 0.1) is 20.3 Å².